The van der Waals surface area contributed by atoms with Gasteiger partial charge >= 0.3 is 5.97 Å². The van der Waals surface area contributed by atoms with Crippen LogP contribution in [0.15, 0.2) is 102 Å². The van der Waals surface area contributed by atoms with Crippen molar-refractivity contribution in [2.45, 2.75) is 24.0 Å². The molecule has 42 heavy (non-hydrogen) atoms. The van der Waals surface area contributed by atoms with Gasteiger partial charge in [-0.05, 0) is 60.5 Å². The number of phenolic OH excluding ortho intramolecular Hbond substituents is 1. The summed E-state index contributed by atoms with van der Waals surface area (Å²) >= 11 is 0. The van der Waals surface area contributed by atoms with E-state index in [4.69, 9.17) is 9.47 Å². The molecule has 4 aromatic carbocycles. The first-order valence-electron chi connectivity index (χ1n) is 13.2. The molecule has 0 amide bonds. The SMILES string of the molecule is O=C(O)c1ccccc1OCc1ccc(CCNC[C@H](O)COc2ccc(O)c(NS(=O)(=O)c3ccccc3)c2)cc1. The van der Waals surface area contributed by atoms with Crippen LogP contribution in [0.1, 0.15) is 21.5 Å². The van der Waals surface area contributed by atoms with Crippen LogP contribution in [0.4, 0.5) is 5.69 Å². The van der Waals surface area contributed by atoms with Crippen LogP contribution in [0.3, 0.4) is 0 Å². The number of ether oxygens (including phenoxy) is 2. The third-order valence-electron chi connectivity index (χ3n) is 6.21. The van der Waals surface area contributed by atoms with Gasteiger partial charge in [-0.25, -0.2) is 13.2 Å². The van der Waals surface area contributed by atoms with Gasteiger partial charge in [0.05, 0.1) is 10.6 Å². The number of sulfonamides is 1. The smallest absolute Gasteiger partial charge is 0.339 e. The van der Waals surface area contributed by atoms with Crippen molar-refractivity contribution in [2.24, 2.45) is 0 Å². The van der Waals surface area contributed by atoms with Gasteiger partial charge in [0, 0.05) is 12.6 Å². The number of aliphatic hydroxyl groups is 1. The maximum Gasteiger partial charge on any atom is 0.339 e. The molecule has 0 unspecified atom stereocenters. The minimum absolute atomic E-state index is 0.0355. The van der Waals surface area contributed by atoms with E-state index in [1.165, 1.54) is 36.4 Å². The van der Waals surface area contributed by atoms with Crippen LogP contribution >= 0.6 is 0 Å². The molecule has 10 nitrogen and oxygen atoms in total. The van der Waals surface area contributed by atoms with Crippen molar-refractivity contribution in [1.29, 1.82) is 0 Å². The Morgan fingerprint density at radius 3 is 2.29 bits per heavy atom. The van der Waals surface area contributed by atoms with Gasteiger partial charge in [-0.15, -0.1) is 0 Å². The van der Waals surface area contributed by atoms with Crippen LogP contribution in [0, 0.1) is 0 Å². The van der Waals surface area contributed by atoms with E-state index in [1.54, 1.807) is 36.4 Å². The standard InChI is InChI=1S/C31H32N2O8S/c34-24(21-40-25-14-15-29(35)28(18-25)33-42(38,39)26-6-2-1-3-7-26)19-32-17-16-22-10-12-23(13-11-22)20-41-30-9-5-4-8-27(30)31(36)37/h1-15,18,24,32-35H,16-17,19-21H2,(H,36,37)/t24-/m0/s1. The van der Waals surface area contributed by atoms with Crippen molar-refractivity contribution in [3.63, 3.8) is 0 Å². The Hall–Kier alpha value is -4.58. The molecule has 0 radical (unpaired) electrons. The lowest BCUT2D eigenvalue weighted by Gasteiger charge is -2.15. The molecule has 0 fully saturated rings. The zero-order chi connectivity index (χ0) is 30.0. The third kappa shape index (κ3) is 8.71. The van der Waals surface area contributed by atoms with Gasteiger partial charge in [0.25, 0.3) is 10.0 Å². The molecule has 0 heterocycles. The normalized spacial score (nSPS) is 11.9. The summed E-state index contributed by atoms with van der Waals surface area (Å²) in [5.41, 5.74) is 2.07. The lowest BCUT2D eigenvalue weighted by molar-refractivity contribution is 0.0691. The van der Waals surface area contributed by atoms with Gasteiger partial charge < -0.3 is 30.1 Å². The lowest BCUT2D eigenvalue weighted by atomic mass is 10.1. The maximum atomic E-state index is 12.6. The monoisotopic (exact) mass is 592 g/mol. The second kappa shape index (κ2) is 14.4. The molecule has 220 valence electrons. The largest absolute Gasteiger partial charge is 0.506 e. The molecule has 0 saturated heterocycles. The molecule has 0 aliphatic heterocycles. The fourth-order valence-corrected chi connectivity index (χ4v) is 5.06. The average Bonchev–Trinajstić information content (AvgIpc) is 2.99. The number of aromatic hydroxyl groups is 1. The highest BCUT2D eigenvalue weighted by Crippen LogP contribution is 2.30. The summed E-state index contributed by atoms with van der Waals surface area (Å²) in [5, 5.41) is 32.9. The molecule has 11 heteroatoms. The van der Waals surface area contributed by atoms with Crippen LogP contribution in [-0.2, 0) is 23.1 Å². The van der Waals surface area contributed by atoms with Crippen molar-refractivity contribution >= 4 is 21.7 Å². The van der Waals surface area contributed by atoms with Gasteiger partial charge in [-0.1, -0.05) is 54.6 Å². The van der Waals surface area contributed by atoms with E-state index in [0.717, 1.165) is 17.5 Å². The van der Waals surface area contributed by atoms with Gasteiger partial charge in [0.1, 0.15) is 42.1 Å². The molecule has 0 spiro atoms. The highest BCUT2D eigenvalue weighted by Gasteiger charge is 2.17. The van der Waals surface area contributed by atoms with E-state index in [0.29, 0.717) is 12.3 Å². The zero-order valence-corrected chi connectivity index (χ0v) is 23.5. The number of carbonyl (C=O) groups is 1. The Labute approximate surface area is 244 Å². The number of nitrogens with one attached hydrogen (secondary N) is 2. The van der Waals surface area contributed by atoms with E-state index in [-0.39, 0.29) is 47.4 Å². The molecule has 0 aliphatic carbocycles. The lowest BCUT2D eigenvalue weighted by Crippen LogP contribution is -2.32. The summed E-state index contributed by atoms with van der Waals surface area (Å²) in [4.78, 5) is 11.4. The van der Waals surface area contributed by atoms with Crippen molar-refractivity contribution in [1.82, 2.24) is 5.32 Å². The Morgan fingerprint density at radius 2 is 1.55 bits per heavy atom. The molecule has 4 aromatic rings. The number of phenols is 1. The number of benzene rings is 4. The fourth-order valence-electron chi connectivity index (χ4n) is 3.98. The number of aromatic carboxylic acids is 1. The van der Waals surface area contributed by atoms with Crippen LogP contribution in [-0.4, -0.2) is 55.5 Å². The predicted molar refractivity (Wildman–Crippen MR) is 158 cm³/mol. The highest BCUT2D eigenvalue weighted by molar-refractivity contribution is 7.92. The molecular formula is C31H32N2O8S. The number of hydrogen-bond donors (Lipinski definition) is 5. The Kier molecular flexibility index (Phi) is 10.4. The molecule has 0 aromatic heterocycles. The summed E-state index contributed by atoms with van der Waals surface area (Å²) in [5.74, 6) is -0.690. The van der Waals surface area contributed by atoms with Gasteiger partial charge in [0.2, 0.25) is 0 Å². The first-order chi connectivity index (χ1) is 20.2. The summed E-state index contributed by atoms with van der Waals surface area (Å²) in [6.07, 6.45) is -0.101. The number of rotatable bonds is 15. The number of carboxylic acid groups (broad SMARTS) is 1. The summed E-state index contributed by atoms with van der Waals surface area (Å²) < 4.78 is 38.8. The Bertz CT molecular complexity index is 1580. The first-order valence-corrected chi connectivity index (χ1v) is 14.6. The molecule has 4 rings (SSSR count). The third-order valence-corrected chi connectivity index (χ3v) is 7.59. The highest BCUT2D eigenvalue weighted by atomic mass is 32.2. The van der Waals surface area contributed by atoms with Crippen molar-refractivity contribution in [3.8, 4) is 17.2 Å². The van der Waals surface area contributed by atoms with Gasteiger partial charge in [-0.2, -0.15) is 0 Å². The summed E-state index contributed by atoms with van der Waals surface area (Å²) in [6, 6.07) is 26.2. The molecule has 0 saturated carbocycles. The molecule has 1 atom stereocenters. The molecular weight excluding hydrogens is 560 g/mol. The number of carboxylic acids is 1. The van der Waals surface area contributed by atoms with Crippen LogP contribution < -0.4 is 19.5 Å². The number of para-hydroxylation sites is 1. The van der Waals surface area contributed by atoms with Crippen LogP contribution in [0.2, 0.25) is 0 Å². The second-order valence-corrected chi connectivity index (χ2v) is 11.1. The van der Waals surface area contributed by atoms with Crippen molar-refractivity contribution < 1.29 is 38.0 Å². The van der Waals surface area contributed by atoms with Gasteiger partial charge in [0.15, 0.2) is 0 Å². The quantitative estimate of drug-likeness (QED) is 0.102. The Balaban J connectivity index is 1.18. The predicted octanol–water partition coefficient (Wildman–Crippen LogP) is 4.04. The van der Waals surface area contributed by atoms with E-state index >= 15 is 0 Å². The van der Waals surface area contributed by atoms with E-state index in [1.807, 2.05) is 24.3 Å². The summed E-state index contributed by atoms with van der Waals surface area (Å²) in [7, 11) is -3.89. The van der Waals surface area contributed by atoms with Crippen LogP contribution in [0.5, 0.6) is 17.2 Å². The maximum absolute atomic E-state index is 12.6. The van der Waals surface area contributed by atoms with Crippen molar-refractivity contribution in [3.05, 3.63) is 114 Å². The molecule has 0 bridgehead atoms. The van der Waals surface area contributed by atoms with Crippen LogP contribution in [0.25, 0.3) is 0 Å². The minimum atomic E-state index is -3.89. The Morgan fingerprint density at radius 1 is 0.857 bits per heavy atom. The van der Waals surface area contributed by atoms with E-state index < -0.39 is 22.1 Å². The van der Waals surface area contributed by atoms with Crippen molar-refractivity contribution in [2.75, 3.05) is 24.4 Å². The first kappa shape index (κ1) is 30.4. The zero-order valence-electron chi connectivity index (χ0n) is 22.6. The molecule has 5 N–H and O–H groups in total. The van der Waals surface area contributed by atoms with E-state index in [9.17, 15) is 28.5 Å². The summed E-state index contributed by atoms with van der Waals surface area (Å²) in [6.45, 7) is 1.10. The minimum Gasteiger partial charge on any atom is -0.506 e. The number of anilines is 1. The average molecular weight is 593 g/mol. The van der Waals surface area contributed by atoms with Gasteiger partial charge in [-0.3, -0.25) is 4.72 Å². The second-order valence-electron chi connectivity index (χ2n) is 9.42. The number of hydrogen-bond acceptors (Lipinski definition) is 8. The fraction of sp³-hybridized carbons (Fsp3) is 0.194. The molecule has 0 aliphatic rings. The topological polar surface area (TPSA) is 154 Å². The number of aliphatic hydroxyl groups excluding tert-OH is 1. The van der Waals surface area contributed by atoms with E-state index in [2.05, 4.69) is 10.0 Å².